The van der Waals surface area contributed by atoms with E-state index in [-0.39, 0.29) is 0 Å². The van der Waals surface area contributed by atoms with Gasteiger partial charge in [0.05, 0.1) is 19.5 Å². The first-order valence-corrected chi connectivity index (χ1v) is 9.28. The predicted molar refractivity (Wildman–Crippen MR) is 99.6 cm³/mol. The number of aromatic nitrogens is 2. The number of nitrogens with zero attached hydrogens (tertiary/aromatic N) is 2. The molecule has 0 spiro atoms. The highest BCUT2D eigenvalue weighted by molar-refractivity contribution is 9.10. The lowest BCUT2D eigenvalue weighted by atomic mass is 10.2. The molecular formula is C18H26BrN3O2. The number of benzene rings is 1. The second kappa shape index (κ2) is 10.4. The Kier molecular flexibility index (Phi) is 8.12. The molecule has 5 nitrogen and oxygen atoms in total. The van der Waals surface area contributed by atoms with Gasteiger partial charge in [-0.1, -0.05) is 22.9 Å². The third-order valence-corrected chi connectivity index (χ3v) is 4.26. The summed E-state index contributed by atoms with van der Waals surface area (Å²) in [4.78, 5) is 4.05. The van der Waals surface area contributed by atoms with E-state index in [1.54, 1.807) is 0 Å². The van der Waals surface area contributed by atoms with Crippen LogP contribution in [0.15, 0.2) is 35.3 Å². The molecule has 24 heavy (non-hydrogen) atoms. The Balaban J connectivity index is 1.87. The van der Waals surface area contributed by atoms with Crippen molar-refractivity contribution in [3.63, 3.8) is 0 Å². The van der Waals surface area contributed by atoms with E-state index in [1.807, 2.05) is 31.7 Å². The molecule has 0 atom stereocenters. The summed E-state index contributed by atoms with van der Waals surface area (Å²) in [6, 6.07) is 4.06. The zero-order valence-corrected chi connectivity index (χ0v) is 16.0. The molecule has 2 rings (SSSR count). The average Bonchev–Trinajstić information content (AvgIpc) is 3.09. The highest BCUT2D eigenvalue weighted by atomic mass is 79.9. The Morgan fingerprint density at radius 2 is 2.04 bits per heavy atom. The molecule has 0 radical (unpaired) electrons. The molecule has 1 aromatic carbocycles. The van der Waals surface area contributed by atoms with Crippen LogP contribution in [0.4, 0.5) is 0 Å². The largest absolute Gasteiger partial charge is 0.490 e. The van der Waals surface area contributed by atoms with E-state index in [9.17, 15) is 0 Å². The summed E-state index contributed by atoms with van der Waals surface area (Å²) >= 11 is 3.64. The third kappa shape index (κ3) is 5.83. The predicted octanol–water partition coefficient (Wildman–Crippen LogP) is 4.01. The minimum Gasteiger partial charge on any atom is -0.490 e. The van der Waals surface area contributed by atoms with Gasteiger partial charge in [0.15, 0.2) is 11.5 Å². The van der Waals surface area contributed by atoms with Gasteiger partial charge in [-0.05, 0) is 44.0 Å². The van der Waals surface area contributed by atoms with Crippen LogP contribution in [0.25, 0.3) is 0 Å². The fourth-order valence-electron chi connectivity index (χ4n) is 2.33. The van der Waals surface area contributed by atoms with Crippen molar-refractivity contribution in [2.45, 2.75) is 39.8 Å². The summed E-state index contributed by atoms with van der Waals surface area (Å²) in [7, 11) is 0. The van der Waals surface area contributed by atoms with Crippen molar-refractivity contribution in [3.05, 3.63) is 40.9 Å². The van der Waals surface area contributed by atoms with Crippen LogP contribution in [-0.4, -0.2) is 29.3 Å². The van der Waals surface area contributed by atoms with Crippen molar-refractivity contribution in [1.82, 2.24) is 14.9 Å². The minimum atomic E-state index is 0.627. The molecule has 1 aromatic heterocycles. The van der Waals surface area contributed by atoms with Crippen molar-refractivity contribution >= 4 is 15.9 Å². The van der Waals surface area contributed by atoms with Crippen molar-refractivity contribution in [1.29, 1.82) is 0 Å². The Morgan fingerprint density at radius 1 is 1.21 bits per heavy atom. The van der Waals surface area contributed by atoms with Crippen LogP contribution in [0.1, 0.15) is 32.3 Å². The van der Waals surface area contributed by atoms with Crippen molar-refractivity contribution in [3.8, 4) is 11.5 Å². The molecule has 132 valence electrons. The maximum Gasteiger partial charge on any atom is 0.162 e. The maximum atomic E-state index is 5.77. The van der Waals surface area contributed by atoms with Crippen molar-refractivity contribution in [2.24, 2.45) is 0 Å². The van der Waals surface area contributed by atoms with Gasteiger partial charge in [-0.3, -0.25) is 0 Å². The standard InChI is InChI=1S/C18H26BrN3O2/c1-3-10-24-18-12-16(19)15(11-17(18)23-4-2)13-20-6-5-8-22-9-7-21-14-22/h7,9,11-12,14,20H,3-6,8,10,13H2,1-2H3. The van der Waals surface area contributed by atoms with Gasteiger partial charge >= 0.3 is 0 Å². The van der Waals surface area contributed by atoms with E-state index in [2.05, 4.69) is 43.8 Å². The third-order valence-electron chi connectivity index (χ3n) is 3.52. The lowest BCUT2D eigenvalue weighted by molar-refractivity contribution is 0.276. The molecule has 0 aliphatic carbocycles. The van der Waals surface area contributed by atoms with Crippen LogP contribution in [0.2, 0.25) is 0 Å². The normalized spacial score (nSPS) is 10.8. The van der Waals surface area contributed by atoms with Crippen LogP contribution < -0.4 is 14.8 Å². The Labute approximate surface area is 152 Å². The molecule has 0 saturated carbocycles. The van der Waals surface area contributed by atoms with E-state index < -0.39 is 0 Å². The molecule has 1 N–H and O–H groups in total. The summed E-state index contributed by atoms with van der Waals surface area (Å²) in [5.74, 6) is 1.61. The number of aryl methyl sites for hydroxylation is 1. The zero-order chi connectivity index (χ0) is 17.2. The summed E-state index contributed by atoms with van der Waals surface area (Å²) < 4.78 is 14.6. The Bertz CT molecular complexity index is 603. The molecule has 0 bridgehead atoms. The second-order valence-corrected chi connectivity index (χ2v) is 6.36. The first kappa shape index (κ1) is 18.8. The molecule has 0 amide bonds. The number of halogens is 1. The first-order valence-electron chi connectivity index (χ1n) is 8.49. The second-order valence-electron chi connectivity index (χ2n) is 5.50. The fourth-order valence-corrected chi connectivity index (χ4v) is 2.80. The minimum absolute atomic E-state index is 0.627. The van der Waals surface area contributed by atoms with Gasteiger partial charge in [0.1, 0.15) is 0 Å². The quantitative estimate of drug-likeness (QED) is 0.583. The molecule has 0 fully saturated rings. The van der Waals surface area contributed by atoms with Crippen LogP contribution in [-0.2, 0) is 13.1 Å². The van der Waals surface area contributed by atoms with Gasteiger partial charge in [0.25, 0.3) is 0 Å². The SMILES string of the molecule is CCCOc1cc(Br)c(CNCCCn2ccnc2)cc1OCC. The summed E-state index contributed by atoms with van der Waals surface area (Å²) in [6.45, 7) is 8.11. The van der Waals surface area contributed by atoms with E-state index in [0.717, 1.165) is 48.4 Å². The molecule has 1 heterocycles. The summed E-state index contributed by atoms with van der Waals surface area (Å²) in [5, 5.41) is 3.48. The van der Waals surface area contributed by atoms with Crippen LogP contribution in [0, 0.1) is 0 Å². The van der Waals surface area contributed by atoms with E-state index in [0.29, 0.717) is 13.2 Å². The Morgan fingerprint density at radius 3 is 2.75 bits per heavy atom. The summed E-state index contributed by atoms with van der Waals surface area (Å²) in [6.07, 6.45) is 7.68. The number of imidazole rings is 1. The smallest absolute Gasteiger partial charge is 0.162 e. The monoisotopic (exact) mass is 395 g/mol. The number of ether oxygens (including phenoxy) is 2. The molecular weight excluding hydrogens is 370 g/mol. The summed E-state index contributed by atoms with van der Waals surface area (Å²) in [5.41, 5.74) is 1.17. The topological polar surface area (TPSA) is 48.3 Å². The molecule has 0 aliphatic heterocycles. The molecule has 0 saturated heterocycles. The number of hydrogen-bond acceptors (Lipinski definition) is 4. The first-order chi connectivity index (χ1) is 11.7. The zero-order valence-electron chi connectivity index (χ0n) is 14.4. The van der Waals surface area contributed by atoms with Gasteiger partial charge in [-0.25, -0.2) is 4.98 Å². The Hall–Kier alpha value is -1.53. The van der Waals surface area contributed by atoms with Crippen molar-refractivity contribution in [2.75, 3.05) is 19.8 Å². The average molecular weight is 396 g/mol. The highest BCUT2D eigenvalue weighted by Gasteiger charge is 2.10. The van der Waals surface area contributed by atoms with Crippen LogP contribution in [0.3, 0.4) is 0 Å². The molecule has 6 heteroatoms. The molecule has 0 aliphatic rings. The highest BCUT2D eigenvalue weighted by Crippen LogP contribution is 2.34. The van der Waals surface area contributed by atoms with E-state index in [1.165, 1.54) is 5.56 Å². The molecule has 2 aromatic rings. The van der Waals surface area contributed by atoms with E-state index >= 15 is 0 Å². The number of nitrogens with one attached hydrogen (secondary N) is 1. The van der Waals surface area contributed by atoms with Gasteiger partial charge < -0.3 is 19.4 Å². The van der Waals surface area contributed by atoms with Crippen molar-refractivity contribution < 1.29 is 9.47 Å². The van der Waals surface area contributed by atoms with Gasteiger partial charge in [0, 0.05) is 30.0 Å². The molecule has 0 unspecified atom stereocenters. The fraction of sp³-hybridized carbons (Fsp3) is 0.500. The van der Waals surface area contributed by atoms with Gasteiger partial charge in [0.2, 0.25) is 0 Å². The van der Waals surface area contributed by atoms with E-state index in [4.69, 9.17) is 9.47 Å². The van der Waals surface area contributed by atoms with Crippen LogP contribution >= 0.6 is 15.9 Å². The lowest BCUT2D eigenvalue weighted by Crippen LogP contribution is -2.16. The lowest BCUT2D eigenvalue weighted by Gasteiger charge is -2.15. The maximum absolute atomic E-state index is 5.77. The van der Waals surface area contributed by atoms with Gasteiger partial charge in [-0.15, -0.1) is 0 Å². The number of hydrogen-bond donors (Lipinski definition) is 1. The van der Waals surface area contributed by atoms with Crippen LogP contribution in [0.5, 0.6) is 11.5 Å². The van der Waals surface area contributed by atoms with Gasteiger partial charge in [-0.2, -0.15) is 0 Å². The number of rotatable bonds is 11.